The molecule has 1 fully saturated rings. The molecular formula is C26H26N2O3S. The number of piperazine rings is 1. The molecule has 0 aromatic heterocycles. The van der Waals surface area contributed by atoms with E-state index in [0.29, 0.717) is 12.1 Å². The zero-order chi connectivity index (χ0) is 22.7. The van der Waals surface area contributed by atoms with E-state index in [1.807, 2.05) is 55.5 Å². The highest BCUT2D eigenvalue weighted by atomic mass is 32.2. The maximum atomic E-state index is 13.8. The van der Waals surface area contributed by atoms with Gasteiger partial charge in [0.05, 0.1) is 10.9 Å². The molecule has 4 rings (SSSR count). The summed E-state index contributed by atoms with van der Waals surface area (Å²) in [6, 6.07) is 24.0. The second kappa shape index (κ2) is 9.10. The summed E-state index contributed by atoms with van der Waals surface area (Å²) in [6.07, 6.45) is 1.62. The van der Waals surface area contributed by atoms with Gasteiger partial charge in [-0.05, 0) is 30.2 Å². The first-order chi connectivity index (χ1) is 15.4. The lowest BCUT2D eigenvalue weighted by molar-refractivity contribution is -0.141. The van der Waals surface area contributed by atoms with Gasteiger partial charge in [-0.3, -0.25) is 4.79 Å². The highest BCUT2D eigenvalue weighted by Gasteiger charge is 2.46. The molecule has 164 valence electrons. The van der Waals surface area contributed by atoms with Crippen LogP contribution in [0.3, 0.4) is 0 Å². The molecule has 3 aromatic rings. The smallest absolute Gasteiger partial charge is 0.245 e. The first-order valence-electron chi connectivity index (χ1n) is 10.5. The number of hydrogen-bond acceptors (Lipinski definition) is 3. The lowest BCUT2D eigenvalue weighted by atomic mass is 10.00. The van der Waals surface area contributed by atoms with E-state index in [1.54, 1.807) is 47.4 Å². The molecule has 0 radical (unpaired) electrons. The summed E-state index contributed by atoms with van der Waals surface area (Å²) in [5, 5.41) is 0. The Bertz CT molecular complexity index is 1190. The van der Waals surface area contributed by atoms with Gasteiger partial charge in [0.15, 0.2) is 0 Å². The van der Waals surface area contributed by atoms with Gasteiger partial charge in [-0.25, -0.2) is 8.42 Å². The number of amides is 1. The third kappa shape index (κ3) is 4.24. The Morgan fingerprint density at radius 1 is 0.938 bits per heavy atom. The fourth-order valence-corrected chi connectivity index (χ4v) is 5.79. The van der Waals surface area contributed by atoms with E-state index in [9.17, 15) is 13.2 Å². The minimum Gasteiger partial charge on any atom is -0.335 e. The van der Waals surface area contributed by atoms with Gasteiger partial charge in [-0.2, -0.15) is 4.31 Å². The average Bonchev–Trinajstić information content (AvgIpc) is 2.81. The minimum atomic E-state index is -3.95. The topological polar surface area (TPSA) is 57.7 Å². The molecule has 1 amide bonds. The van der Waals surface area contributed by atoms with Crippen LogP contribution in [-0.4, -0.2) is 36.1 Å². The molecular weight excluding hydrogens is 420 g/mol. The molecule has 0 saturated carbocycles. The van der Waals surface area contributed by atoms with Crippen molar-refractivity contribution in [2.75, 3.05) is 6.54 Å². The molecule has 0 spiro atoms. The summed E-state index contributed by atoms with van der Waals surface area (Å²) >= 11 is 0. The quantitative estimate of drug-likeness (QED) is 0.530. The van der Waals surface area contributed by atoms with Crippen molar-refractivity contribution in [2.24, 2.45) is 0 Å². The van der Waals surface area contributed by atoms with Crippen LogP contribution < -0.4 is 0 Å². The van der Waals surface area contributed by atoms with Crippen molar-refractivity contribution in [2.45, 2.75) is 30.4 Å². The second-order valence-electron chi connectivity index (χ2n) is 7.97. The van der Waals surface area contributed by atoms with Crippen molar-refractivity contribution < 1.29 is 13.2 Å². The maximum absolute atomic E-state index is 13.8. The third-order valence-corrected chi connectivity index (χ3v) is 7.64. The molecule has 1 heterocycles. The molecule has 6 heteroatoms. The van der Waals surface area contributed by atoms with Gasteiger partial charge < -0.3 is 4.90 Å². The normalized spacial score (nSPS) is 19.7. The molecule has 0 aliphatic carbocycles. The highest BCUT2D eigenvalue weighted by Crippen LogP contribution is 2.36. The monoisotopic (exact) mass is 446 g/mol. The first-order valence-corrected chi connectivity index (χ1v) is 12.0. The minimum absolute atomic E-state index is 0.167. The fourth-order valence-electron chi connectivity index (χ4n) is 4.07. The number of carbonyl (C=O) groups is 1. The van der Waals surface area contributed by atoms with E-state index in [4.69, 9.17) is 0 Å². The lowest BCUT2D eigenvalue weighted by Gasteiger charge is -2.44. The Hall–Kier alpha value is -3.22. The number of rotatable bonds is 6. The Balaban J connectivity index is 1.80. The molecule has 0 unspecified atom stereocenters. The summed E-state index contributed by atoms with van der Waals surface area (Å²) in [4.78, 5) is 15.6. The van der Waals surface area contributed by atoms with Crippen LogP contribution in [0.1, 0.15) is 22.7 Å². The van der Waals surface area contributed by atoms with Gasteiger partial charge in [0.2, 0.25) is 15.9 Å². The number of carbonyl (C=O) groups excluding carboxylic acids is 1. The SMILES string of the molecule is C=C[C@H]1CN(Cc2ccccc2)C(=O)[C@H](c2ccccc2)N1S(=O)(=O)c1ccc(C)cc1. The standard InChI is InChI=1S/C26H26N2O3S/c1-3-23-19-27(18-21-10-6-4-7-11-21)26(29)25(22-12-8-5-9-13-22)28(23)32(30,31)24-16-14-20(2)15-17-24/h3-17,23,25H,1,18-19H2,2H3/t23-,25-/m0/s1. The van der Waals surface area contributed by atoms with Crippen LogP contribution in [0.15, 0.2) is 102 Å². The van der Waals surface area contributed by atoms with E-state index in [1.165, 1.54) is 4.31 Å². The molecule has 0 N–H and O–H groups in total. The summed E-state index contributed by atoms with van der Waals surface area (Å²) in [5.74, 6) is -0.242. The Kier molecular flexibility index (Phi) is 6.26. The molecule has 1 saturated heterocycles. The van der Waals surface area contributed by atoms with Crippen LogP contribution in [0.5, 0.6) is 0 Å². The predicted octanol–water partition coefficient (Wildman–Crippen LogP) is 4.32. The van der Waals surface area contributed by atoms with Crippen LogP contribution in [0, 0.1) is 6.92 Å². The molecule has 5 nitrogen and oxygen atoms in total. The van der Waals surface area contributed by atoms with Gasteiger partial charge >= 0.3 is 0 Å². The van der Waals surface area contributed by atoms with Crippen molar-refractivity contribution in [1.29, 1.82) is 0 Å². The molecule has 0 bridgehead atoms. The third-order valence-electron chi connectivity index (χ3n) is 5.73. The Morgan fingerprint density at radius 3 is 2.12 bits per heavy atom. The van der Waals surface area contributed by atoms with Crippen LogP contribution in [0.2, 0.25) is 0 Å². The predicted molar refractivity (Wildman–Crippen MR) is 125 cm³/mol. The summed E-state index contributed by atoms with van der Waals surface area (Å²) in [7, 11) is -3.95. The molecule has 2 atom stereocenters. The summed E-state index contributed by atoms with van der Waals surface area (Å²) < 4.78 is 28.9. The zero-order valence-electron chi connectivity index (χ0n) is 18.0. The van der Waals surface area contributed by atoms with E-state index in [2.05, 4.69) is 6.58 Å². The van der Waals surface area contributed by atoms with Crippen molar-refractivity contribution in [3.8, 4) is 0 Å². The van der Waals surface area contributed by atoms with Gasteiger partial charge in [-0.1, -0.05) is 84.4 Å². The van der Waals surface area contributed by atoms with E-state index in [0.717, 1.165) is 11.1 Å². The van der Waals surface area contributed by atoms with Crippen LogP contribution in [-0.2, 0) is 21.4 Å². The van der Waals surface area contributed by atoms with Crippen molar-refractivity contribution in [1.82, 2.24) is 9.21 Å². The fraction of sp³-hybridized carbons (Fsp3) is 0.192. The van der Waals surface area contributed by atoms with E-state index >= 15 is 0 Å². The average molecular weight is 447 g/mol. The largest absolute Gasteiger partial charge is 0.335 e. The molecule has 1 aliphatic heterocycles. The van der Waals surface area contributed by atoms with Crippen molar-refractivity contribution >= 4 is 15.9 Å². The maximum Gasteiger partial charge on any atom is 0.245 e. The van der Waals surface area contributed by atoms with Gasteiger partial charge in [-0.15, -0.1) is 6.58 Å². The molecule has 32 heavy (non-hydrogen) atoms. The summed E-state index contributed by atoms with van der Waals surface area (Å²) in [6.45, 7) is 6.46. The van der Waals surface area contributed by atoms with Crippen LogP contribution in [0.25, 0.3) is 0 Å². The van der Waals surface area contributed by atoms with Crippen LogP contribution >= 0.6 is 0 Å². The number of aryl methyl sites for hydroxylation is 1. The van der Waals surface area contributed by atoms with Crippen LogP contribution in [0.4, 0.5) is 0 Å². The number of nitrogens with zero attached hydrogens (tertiary/aromatic N) is 2. The lowest BCUT2D eigenvalue weighted by Crippen LogP contribution is -2.58. The van der Waals surface area contributed by atoms with Gasteiger partial charge in [0.25, 0.3) is 0 Å². The first kappa shape index (κ1) is 22.0. The number of hydrogen-bond donors (Lipinski definition) is 0. The zero-order valence-corrected chi connectivity index (χ0v) is 18.8. The van der Waals surface area contributed by atoms with E-state index < -0.39 is 22.1 Å². The summed E-state index contributed by atoms with van der Waals surface area (Å²) in [5.41, 5.74) is 2.59. The highest BCUT2D eigenvalue weighted by molar-refractivity contribution is 7.89. The van der Waals surface area contributed by atoms with Crippen molar-refractivity contribution in [3.05, 3.63) is 114 Å². The Morgan fingerprint density at radius 2 is 1.53 bits per heavy atom. The van der Waals surface area contributed by atoms with E-state index in [-0.39, 0.29) is 17.3 Å². The Labute approximate surface area is 189 Å². The van der Waals surface area contributed by atoms with Gasteiger partial charge in [0, 0.05) is 13.1 Å². The second-order valence-corrected chi connectivity index (χ2v) is 9.81. The number of benzene rings is 3. The number of sulfonamides is 1. The van der Waals surface area contributed by atoms with Crippen molar-refractivity contribution in [3.63, 3.8) is 0 Å². The van der Waals surface area contributed by atoms with Gasteiger partial charge in [0.1, 0.15) is 6.04 Å². The molecule has 3 aromatic carbocycles. The molecule has 1 aliphatic rings.